The Labute approximate surface area is 100 Å². The minimum atomic E-state index is 0.0577. The maximum Gasteiger partial charge on any atom is 0.125 e. The molecule has 0 saturated carbocycles. The van der Waals surface area contributed by atoms with Crippen LogP contribution in [0, 0.1) is 6.92 Å². The predicted octanol–water partition coefficient (Wildman–Crippen LogP) is 1.89. The molecule has 0 aliphatic carbocycles. The van der Waals surface area contributed by atoms with Gasteiger partial charge in [-0.05, 0) is 30.7 Å². The third-order valence-corrected chi connectivity index (χ3v) is 2.42. The fourth-order valence-corrected chi connectivity index (χ4v) is 1.58. The fourth-order valence-electron chi connectivity index (χ4n) is 1.58. The van der Waals surface area contributed by atoms with Crippen LogP contribution in [0.2, 0.25) is 0 Å². The largest absolute Gasteiger partial charge is 0.392 e. The van der Waals surface area contributed by atoms with E-state index in [-0.39, 0.29) is 6.61 Å². The van der Waals surface area contributed by atoms with Crippen LogP contribution in [0.25, 0.3) is 0 Å². The average molecular weight is 229 g/mol. The van der Waals surface area contributed by atoms with Crippen LogP contribution in [0.1, 0.15) is 17.1 Å². The third-order valence-electron chi connectivity index (χ3n) is 2.42. The summed E-state index contributed by atoms with van der Waals surface area (Å²) >= 11 is 0. The zero-order valence-corrected chi connectivity index (χ0v) is 9.72. The Hall–Kier alpha value is -1.94. The van der Waals surface area contributed by atoms with E-state index >= 15 is 0 Å². The lowest BCUT2D eigenvalue weighted by Crippen LogP contribution is -2.03. The SMILES string of the molecule is Cc1nccc(CNc2cccc(CO)c2)n1. The molecule has 2 aromatic rings. The van der Waals surface area contributed by atoms with Gasteiger partial charge in [0.15, 0.2) is 0 Å². The summed E-state index contributed by atoms with van der Waals surface area (Å²) in [6.45, 7) is 2.58. The second-order valence-corrected chi connectivity index (χ2v) is 3.81. The number of aliphatic hydroxyl groups is 1. The van der Waals surface area contributed by atoms with Crippen molar-refractivity contribution in [2.45, 2.75) is 20.1 Å². The molecular formula is C13H15N3O. The van der Waals surface area contributed by atoms with Crippen molar-refractivity contribution in [2.24, 2.45) is 0 Å². The highest BCUT2D eigenvalue weighted by atomic mass is 16.3. The smallest absolute Gasteiger partial charge is 0.125 e. The summed E-state index contributed by atoms with van der Waals surface area (Å²) in [5.41, 5.74) is 2.83. The minimum Gasteiger partial charge on any atom is -0.392 e. The van der Waals surface area contributed by atoms with Crippen molar-refractivity contribution in [3.8, 4) is 0 Å². The molecule has 0 bridgehead atoms. The lowest BCUT2D eigenvalue weighted by atomic mass is 10.2. The summed E-state index contributed by atoms with van der Waals surface area (Å²) in [7, 11) is 0. The summed E-state index contributed by atoms with van der Waals surface area (Å²) in [6.07, 6.45) is 1.75. The lowest BCUT2D eigenvalue weighted by molar-refractivity contribution is 0.282. The van der Waals surface area contributed by atoms with Gasteiger partial charge in [0.25, 0.3) is 0 Å². The Bertz CT molecular complexity index is 500. The van der Waals surface area contributed by atoms with E-state index in [4.69, 9.17) is 5.11 Å². The van der Waals surface area contributed by atoms with Crippen molar-refractivity contribution in [3.05, 3.63) is 53.6 Å². The number of hydrogen-bond acceptors (Lipinski definition) is 4. The number of nitrogens with one attached hydrogen (secondary N) is 1. The standard InChI is InChI=1S/C13H15N3O/c1-10-14-6-5-13(16-10)8-15-12-4-2-3-11(7-12)9-17/h2-7,15,17H,8-9H2,1H3. The molecule has 0 unspecified atom stereocenters. The number of hydrogen-bond donors (Lipinski definition) is 2. The number of aromatic nitrogens is 2. The lowest BCUT2D eigenvalue weighted by Gasteiger charge is -2.07. The van der Waals surface area contributed by atoms with Crippen molar-refractivity contribution in [2.75, 3.05) is 5.32 Å². The Morgan fingerprint density at radius 1 is 1.29 bits per heavy atom. The molecule has 1 aromatic heterocycles. The Balaban J connectivity index is 2.02. The molecule has 4 nitrogen and oxygen atoms in total. The van der Waals surface area contributed by atoms with Gasteiger partial charge in [-0.1, -0.05) is 12.1 Å². The van der Waals surface area contributed by atoms with E-state index in [0.29, 0.717) is 6.54 Å². The van der Waals surface area contributed by atoms with Gasteiger partial charge in [-0.3, -0.25) is 0 Å². The molecule has 0 radical (unpaired) electrons. The normalized spacial score (nSPS) is 10.2. The van der Waals surface area contributed by atoms with Crippen LogP contribution in [-0.2, 0) is 13.2 Å². The van der Waals surface area contributed by atoms with Crippen LogP contribution in [0.3, 0.4) is 0 Å². The third kappa shape index (κ3) is 3.26. The van der Waals surface area contributed by atoms with E-state index in [1.54, 1.807) is 6.20 Å². The van der Waals surface area contributed by atoms with Crippen molar-refractivity contribution in [1.29, 1.82) is 0 Å². The molecule has 1 heterocycles. The van der Waals surface area contributed by atoms with Gasteiger partial charge >= 0.3 is 0 Å². The number of anilines is 1. The van der Waals surface area contributed by atoms with Crippen molar-refractivity contribution in [3.63, 3.8) is 0 Å². The van der Waals surface area contributed by atoms with Crippen molar-refractivity contribution in [1.82, 2.24) is 9.97 Å². The van der Waals surface area contributed by atoms with E-state index in [0.717, 1.165) is 22.8 Å². The maximum absolute atomic E-state index is 9.04. The molecule has 2 rings (SSSR count). The average Bonchev–Trinajstić information content (AvgIpc) is 2.37. The summed E-state index contributed by atoms with van der Waals surface area (Å²) in [4.78, 5) is 8.36. The molecule has 0 spiro atoms. The highest BCUT2D eigenvalue weighted by molar-refractivity contribution is 5.45. The van der Waals surface area contributed by atoms with E-state index in [9.17, 15) is 0 Å². The highest BCUT2D eigenvalue weighted by Crippen LogP contribution is 2.11. The van der Waals surface area contributed by atoms with Crippen LogP contribution in [0.4, 0.5) is 5.69 Å². The van der Waals surface area contributed by atoms with Crippen molar-refractivity contribution >= 4 is 5.69 Å². The summed E-state index contributed by atoms with van der Waals surface area (Å²) in [5.74, 6) is 0.772. The molecule has 88 valence electrons. The zero-order valence-electron chi connectivity index (χ0n) is 9.72. The number of nitrogens with zero attached hydrogens (tertiary/aromatic N) is 2. The van der Waals surface area contributed by atoms with E-state index in [1.165, 1.54) is 0 Å². The number of benzene rings is 1. The highest BCUT2D eigenvalue weighted by Gasteiger charge is 1.97. The van der Waals surface area contributed by atoms with Crippen LogP contribution >= 0.6 is 0 Å². The fraction of sp³-hybridized carbons (Fsp3) is 0.231. The monoisotopic (exact) mass is 229 g/mol. The molecule has 1 aromatic carbocycles. The van der Waals surface area contributed by atoms with Crippen LogP contribution < -0.4 is 5.32 Å². The Kier molecular flexibility index (Phi) is 3.67. The maximum atomic E-state index is 9.04. The molecule has 0 atom stereocenters. The Morgan fingerprint density at radius 3 is 2.94 bits per heavy atom. The zero-order chi connectivity index (χ0) is 12.1. The summed E-state index contributed by atoms with van der Waals surface area (Å²) in [5, 5.41) is 12.3. The van der Waals surface area contributed by atoms with Gasteiger partial charge in [0.05, 0.1) is 18.8 Å². The topological polar surface area (TPSA) is 58.0 Å². The number of aliphatic hydroxyl groups excluding tert-OH is 1. The van der Waals surface area contributed by atoms with Crippen LogP contribution in [0.15, 0.2) is 36.5 Å². The van der Waals surface area contributed by atoms with Gasteiger partial charge < -0.3 is 10.4 Å². The first-order valence-corrected chi connectivity index (χ1v) is 5.50. The molecule has 0 aliphatic rings. The molecule has 0 saturated heterocycles. The van der Waals surface area contributed by atoms with Gasteiger partial charge in [0, 0.05) is 11.9 Å². The van der Waals surface area contributed by atoms with Gasteiger partial charge in [-0.15, -0.1) is 0 Å². The quantitative estimate of drug-likeness (QED) is 0.840. The Morgan fingerprint density at radius 2 is 2.18 bits per heavy atom. The first-order valence-electron chi connectivity index (χ1n) is 5.50. The first kappa shape index (κ1) is 11.5. The molecule has 0 amide bonds. The molecule has 4 heteroatoms. The van der Waals surface area contributed by atoms with Crippen LogP contribution in [-0.4, -0.2) is 15.1 Å². The van der Waals surface area contributed by atoms with Gasteiger partial charge in [0.2, 0.25) is 0 Å². The molecule has 0 aliphatic heterocycles. The molecular weight excluding hydrogens is 214 g/mol. The molecule has 2 N–H and O–H groups in total. The first-order chi connectivity index (χ1) is 8.28. The van der Waals surface area contributed by atoms with E-state index in [2.05, 4.69) is 15.3 Å². The van der Waals surface area contributed by atoms with Gasteiger partial charge in [-0.2, -0.15) is 0 Å². The minimum absolute atomic E-state index is 0.0577. The van der Waals surface area contributed by atoms with Crippen molar-refractivity contribution < 1.29 is 5.11 Å². The second-order valence-electron chi connectivity index (χ2n) is 3.81. The summed E-state index contributed by atoms with van der Waals surface area (Å²) < 4.78 is 0. The summed E-state index contributed by atoms with van der Waals surface area (Å²) in [6, 6.07) is 9.58. The number of rotatable bonds is 4. The van der Waals surface area contributed by atoms with Gasteiger partial charge in [-0.25, -0.2) is 9.97 Å². The molecule has 0 fully saturated rings. The van der Waals surface area contributed by atoms with Gasteiger partial charge in [0.1, 0.15) is 5.82 Å². The van der Waals surface area contributed by atoms with E-state index in [1.807, 2.05) is 37.3 Å². The predicted molar refractivity (Wildman–Crippen MR) is 66.5 cm³/mol. The van der Waals surface area contributed by atoms with Crippen LogP contribution in [0.5, 0.6) is 0 Å². The second kappa shape index (κ2) is 5.41. The van der Waals surface area contributed by atoms with E-state index < -0.39 is 0 Å². The number of aryl methyl sites for hydroxylation is 1. The molecule has 17 heavy (non-hydrogen) atoms.